The third kappa shape index (κ3) is 6.13. The van der Waals surface area contributed by atoms with E-state index < -0.39 is 0 Å². The zero-order chi connectivity index (χ0) is 11.3. The molecule has 1 saturated carbocycles. The standard InChI is InChI=1S/C12H26N2O/c1-12(2,9-13)10-14(3)6-7-15-8-11-4-5-11/h11H,4-10,13H2,1-3H3. The highest BCUT2D eigenvalue weighted by molar-refractivity contribution is 4.74. The predicted molar refractivity (Wildman–Crippen MR) is 63.9 cm³/mol. The predicted octanol–water partition coefficient (Wildman–Crippen LogP) is 1.33. The zero-order valence-electron chi connectivity index (χ0n) is 10.5. The SMILES string of the molecule is CN(CCOCC1CC1)CC(C)(C)CN. The van der Waals surface area contributed by atoms with E-state index in [-0.39, 0.29) is 5.41 Å². The molecule has 0 bridgehead atoms. The molecule has 0 aromatic rings. The van der Waals surface area contributed by atoms with Crippen LogP contribution in [0.5, 0.6) is 0 Å². The van der Waals surface area contributed by atoms with Crippen LogP contribution < -0.4 is 5.73 Å². The van der Waals surface area contributed by atoms with Crippen LogP contribution in [0.1, 0.15) is 26.7 Å². The van der Waals surface area contributed by atoms with Crippen molar-refractivity contribution in [3.63, 3.8) is 0 Å². The van der Waals surface area contributed by atoms with E-state index in [0.29, 0.717) is 0 Å². The van der Waals surface area contributed by atoms with Gasteiger partial charge in [0.15, 0.2) is 0 Å². The molecular formula is C12H26N2O. The van der Waals surface area contributed by atoms with Gasteiger partial charge in [0, 0.05) is 19.7 Å². The van der Waals surface area contributed by atoms with Crippen LogP contribution in [0.4, 0.5) is 0 Å². The lowest BCUT2D eigenvalue weighted by molar-refractivity contribution is 0.0929. The fourth-order valence-electron chi connectivity index (χ4n) is 1.63. The molecule has 0 aliphatic heterocycles. The van der Waals surface area contributed by atoms with Crippen molar-refractivity contribution in [2.75, 3.05) is 39.9 Å². The molecule has 0 saturated heterocycles. The maximum atomic E-state index is 5.70. The minimum Gasteiger partial charge on any atom is -0.380 e. The van der Waals surface area contributed by atoms with Crippen molar-refractivity contribution >= 4 is 0 Å². The van der Waals surface area contributed by atoms with Gasteiger partial charge in [0.25, 0.3) is 0 Å². The van der Waals surface area contributed by atoms with Gasteiger partial charge in [-0.15, -0.1) is 0 Å². The van der Waals surface area contributed by atoms with Crippen LogP contribution in [0.15, 0.2) is 0 Å². The lowest BCUT2D eigenvalue weighted by Gasteiger charge is -2.28. The quantitative estimate of drug-likeness (QED) is 0.620. The van der Waals surface area contributed by atoms with Gasteiger partial charge in [0.1, 0.15) is 0 Å². The first-order valence-electron chi connectivity index (χ1n) is 6.00. The molecule has 0 amide bonds. The molecule has 1 aliphatic carbocycles. The van der Waals surface area contributed by atoms with Crippen LogP contribution in [0.25, 0.3) is 0 Å². The van der Waals surface area contributed by atoms with Crippen LogP contribution in [0.3, 0.4) is 0 Å². The van der Waals surface area contributed by atoms with E-state index in [0.717, 1.165) is 38.8 Å². The summed E-state index contributed by atoms with van der Waals surface area (Å²) in [6, 6.07) is 0. The second kappa shape index (κ2) is 5.83. The molecule has 90 valence electrons. The lowest BCUT2D eigenvalue weighted by atomic mass is 9.93. The molecule has 15 heavy (non-hydrogen) atoms. The molecular weight excluding hydrogens is 188 g/mol. The number of rotatable bonds is 8. The largest absolute Gasteiger partial charge is 0.380 e. The molecule has 1 fully saturated rings. The van der Waals surface area contributed by atoms with Crippen molar-refractivity contribution in [3.8, 4) is 0 Å². The van der Waals surface area contributed by atoms with Gasteiger partial charge in [0.2, 0.25) is 0 Å². The Kier molecular flexibility index (Phi) is 5.03. The Morgan fingerprint density at radius 3 is 2.60 bits per heavy atom. The van der Waals surface area contributed by atoms with Gasteiger partial charge in [-0.3, -0.25) is 0 Å². The van der Waals surface area contributed by atoms with Gasteiger partial charge in [-0.25, -0.2) is 0 Å². The highest BCUT2D eigenvalue weighted by Crippen LogP contribution is 2.28. The zero-order valence-corrected chi connectivity index (χ0v) is 10.5. The van der Waals surface area contributed by atoms with E-state index in [4.69, 9.17) is 10.5 Å². The lowest BCUT2D eigenvalue weighted by Crippen LogP contribution is -2.38. The Labute approximate surface area is 94.0 Å². The Bertz CT molecular complexity index is 178. The smallest absolute Gasteiger partial charge is 0.0593 e. The highest BCUT2D eigenvalue weighted by atomic mass is 16.5. The molecule has 1 aliphatic rings. The van der Waals surface area contributed by atoms with Crippen LogP contribution >= 0.6 is 0 Å². The molecule has 0 heterocycles. The van der Waals surface area contributed by atoms with Crippen molar-refractivity contribution in [1.29, 1.82) is 0 Å². The fraction of sp³-hybridized carbons (Fsp3) is 1.00. The van der Waals surface area contributed by atoms with Crippen LogP contribution in [0, 0.1) is 11.3 Å². The Balaban J connectivity index is 1.99. The number of hydrogen-bond donors (Lipinski definition) is 1. The molecule has 0 radical (unpaired) electrons. The van der Waals surface area contributed by atoms with E-state index in [2.05, 4.69) is 25.8 Å². The molecule has 0 aromatic carbocycles. The van der Waals surface area contributed by atoms with Gasteiger partial charge in [-0.05, 0) is 37.8 Å². The molecule has 3 heteroatoms. The first kappa shape index (κ1) is 12.9. The summed E-state index contributed by atoms with van der Waals surface area (Å²) in [5, 5.41) is 0. The average Bonchev–Trinajstić information content (AvgIpc) is 2.95. The molecule has 0 atom stereocenters. The Morgan fingerprint density at radius 2 is 2.07 bits per heavy atom. The topological polar surface area (TPSA) is 38.5 Å². The number of likely N-dealkylation sites (N-methyl/N-ethyl adjacent to an activating group) is 1. The molecule has 0 aromatic heterocycles. The van der Waals surface area contributed by atoms with Gasteiger partial charge in [0.05, 0.1) is 6.61 Å². The summed E-state index contributed by atoms with van der Waals surface area (Å²) in [7, 11) is 2.14. The number of nitrogens with zero attached hydrogens (tertiary/aromatic N) is 1. The van der Waals surface area contributed by atoms with E-state index in [9.17, 15) is 0 Å². The molecule has 2 N–H and O–H groups in total. The van der Waals surface area contributed by atoms with Crippen molar-refractivity contribution in [3.05, 3.63) is 0 Å². The number of hydrogen-bond acceptors (Lipinski definition) is 3. The Morgan fingerprint density at radius 1 is 1.40 bits per heavy atom. The molecule has 1 rings (SSSR count). The monoisotopic (exact) mass is 214 g/mol. The van der Waals surface area contributed by atoms with Gasteiger partial charge >= 0.3 is 0 Å². The third-order valence-corrected chi connectivity index (χ3v) is 2.92. The van der Waals surface area contributed by atoms with Crippen LogP contribution in [-0.2, 0) is 4.74 Å². The van der Waals surface area contributed by atoms with Crippen LogP contribution in [0.2, 0.25) is 0 Å². The van der Waals surface area contributed by atoms with Crippen molar-refractivity contribution in [2.45, 2.75) is 26.7 Å². The maximum Gasteiger partial charge on any atom is 0.0593 e. The summed E-state index contributed by atoms with van der Waals surface area (Å²) < 4.78 is 5.60. The number of nitrogens with two attached hydrogens (primary N) is 1. The maximum absolute atomic E-state index is 5.70. The van der Waals surface area contributed by atoms with E-state index in [1.807, 2.05) is 0 Å². The van der Waals surface area contributed by atoms with E-state index in [1.165, 1.54) is 12.8 Å². The van der Waals surface area contributed by atoms with Gasteiger partial charge < -0.3 is 15.4 Å². The molecule has 0 unspecified atom stereocenters. The minimum atomic E-state index is 0.214. The summed E-state index contributed by atoms with van der Waals surface area (Å²) in [5.41, 5.74) is 5.91. The van der Waals surface area contributed by atoms with Crippen LogP contribution in [-0.4, -0.2) is 44.8 Å². The van der Waals surface area contributed by atoms with E-state index >= 15 is 0 Å². The van der Waals surface area contributed by atoms with Gasteiger partial charge in [-0.2, -0.15) is 0 Å². The summed E-state index contributed by atoms with van der Waals surface area (Å²) in [4.78, 5) is 2.31. The normalized spacial score (nSPS) is 17.4. The average molecular weight is 214 g/mol. The number of ether oxygens (including phenoxy) is 1. The third-order valence-electron chi connectivity index (χ3n) is 2.92. The minimum absolute atomic E-state index is 0.214. The Hall–Kier alpha value is -0.120. The van der Waals surface area contributed by atoms with Gasteiger partial charge in [-0.1, -0.05) is 13.8 Å². The molecule has 0 spiro atoms. The van der Waals surface area contributed by atoms with Crippen molar-refractivity contribution < 1.29 is 4.74 Å². The molecule has 3 nitrogen and oxygen atoms in total. The summed E-state index contributed by atoms with van der Waals surface area (Å²) in [5.74, 6) is 0.871. The fourth-order valence-corrected chi connectivity index (χ4v) is 1.63. The second-order valence-electron chi connectivity index (χ2n) is 5.62. The summed E-state index contributed by atoms with van der Waals surface area (Å²) >= 11 is 0. The van der Waals surface area contributed by atoms with Crippen molar-refractivity contribution in [1.82, 2.24) is 4.90 Å². The van der Waals surface area contributed by atoms with E-state index in [1.54, 1.807) is 0 Å². The summed E-state index contributed by atoms with van der Waals surface area (Å²) in [6.07, 6.45) is 2.74. The first-order chi connectivity index (χ1) is 7.03. The van der Waals surface area contributed by atoms with Crippen molar-refractivity contribution in [2.24, 2.45) is 17.1 Å². The summed E-state index contributed by atoms with van der Waals surface area (Å²) in [6.45, 7) is 9.01. The first-order valence-corrected chi connectivity index (χ1v) is 6.00. The highest BCUT2D eigenvalue weighted by Gasteiger charge is 2.21. The second-order valence-corrected chi connectivity index (χ2v) is 5.62.